The van der Waals surface area contributed by atoms with Crippen molar-refractivity contribution in [2.75, 3.05) is 24.6 Å². The molecule has 0 saturated heterocycles. The number of aliphatic hydroxyl groups is 1. The lowest BCUT2D eigenvalue weighted by Crippen LogP contribution is -2.26. The van der Waals surface area contributed by atoms with Crippen LogP contribution in [0.25, 0.3) is 0 Å². The normalized spacial score (nSPS) is 9.88. The highest BCUT2D eigenvalue weighted by Crippen LogP contribution is 2.24. The molecule has 0 bridgehead atoms. The highest BCUT2D eigenvalue weighted by atomic mass is 16.3. The third-order valence-electron chi connectivity index (χ3n) is 2.64. The van der Waals surface area contributed by atoms with E-state index in [1.54, 1.807) is 0 Å². The Bertz CT molecular complexity index is 382. The fourth-order valence-electron chi connectivity index (χ4n) is 1.86. The number of benzene rings is 1. The van der Waals surface area contributed by atoms with Crippen LogP contribution in [-0.2, 0) is 0 Å². The highest BCUT2D eigenvalue weighted by Gasteiger charge is 2.11. The standard InChI is InChI=1S/C13H18N2O/c1-3-15(8-5-9-16)13-11(2)6-4-7-12(13)10-14/h4,6-7,16H,3,5,8-9H2,1-2H3. The van der Waals surface area contributed by atoms with Crippen LogP contribution in [0.2, 0.25) is 0 Å². The molecule has 86 valence electrons. The minimum absolute atomic E-state index is 0.185. The molecule has 0 aliphatic rings. The van der Waals surface area contributed by atoms with Crippen molar-refractivity contribution in [3.8, 4) is 6.07 Å². The molecule has 0 spiro atoms. The fraction of sp³-hybridized carbons (Fsp3) is 0.462. The number of nitrogens with zero attached hydrogens (tertiary/aromatic N) is 2. The van der Waals surface area contributed by atoms with Crippen molar-refractivity contribution in [3.05, 3.63) is 29.3 Å². The van der Waals surface area contributed by atoms with Crippen LogP contribution in [-0.4, -0.2) is 24.8 Å². The minimum Gasteiger partial charge on any atom is -0.396 e. The van der Waals surface area contributed by atoms with Gasteiger partial charge < -0.3 is 10.0 Å². The van der Waals surface area contributed by atoms with Gasteiger partial charge in [-0.3, -0.25) is 0 Å². The van der Waals surface area contributed by atoms with Gasteiger partial charge in [-0.2, -0.15) is 5.26 Å². The van der Waals surface area contributed by atoms with Gasteiger partial charge in [0.2, 0.25) is 0 Å². The van der Waals surface area contributed by atoms with Crippen molar-refractivity contribution < 1.29 is 5.11 Å². The van der Waals surface area contributed by atoms with E-state index >= 15 is 0 Å². The van der Waals surface area contributed by atoms with Gasteiger partial charge in [-0.25, -0.2) is 0 Å². The average Bonchev–Trinajstić information content (AvgIpc) is 2.31. The van der Waals surface area contributed by atoms with Crippen LogP contribution < -0.4 is 4.90 Å². The average molecular weight is 218 g/mol. The first-order chi connectivity index (χ1) is 7.74. The zero-order valence-electron chi connectivity index (χ0n) is 9.90. The van der Waals surface area contributed by atoms with E-state index in [9.17, 15) is 0 Å². The number of hydrogen-bond acceptors (Lipinski definition) is 3. The van der Waals surface area contributed by atoms with Gasteiger partial charge in [0, 0.05) is 19.7 Å². The fourth-order valence-corrected chi connectivity index (χ4v) is 1.86. The van der Waals surface area contributed by atoms with E-state index in [4.69, 9.17) is 10.4 Å². The quantitative estimate of drug-likeness (QED) is 0.823. The molecule has 0 saturated carbocycles. The van der Waals surface area contributed by atoms with E-state index in [2.05, 4.69) is 17.9 Å². The van der Waals surface area contributed by atoms with Crippen LogP contribution in [0.4, 0.5) is 5.69 Å². The Hall–Kier alpha value is -1.53. The first-order valence-corrected chi connectivity index (χ1v) is 5.60. The molecule has 0 heterocycles. The predicted molar refractivity (Wildman–Crippen MR) is 65.5 cm³/mol. The second-order valence-electron chi connectivity index (χ2n) is 3.74. The molecule has 0 fully saturated rings. The maximum Gasteiger partial charge on any atom is 0.101 e. The molecular formula is C13H18N2O. The van der Waals surface area contributed by atoms with Crippen molar-refractivity contribution in [1.82, 2.24) is 0 Å². The van der Waals surface area contributed by atoms with E-state index in [1.807, 2.05) is 25.1 Å². The number of hydrogen-bond donors (Lipinski definition) is 1. The summed E-state index contributed by atoms with van der Waals surface area (Å²) in [5, 5.41) is 17.9. The Morgan fingerprint density at radius 2 is 2.19 bits per heavy atom. The van der Waals surface area contributed by atoms with E-state index in [0.29, 0.717) is 5.56 Å². The van der Waals surface area contributed by atoms with Crippen molar-refractivity contribution >= 4 is 5.69 Å². The molecule has 1 aromatic rings. The maximum atomic E-state index is 9.09. The molecule has 0 unspecified atom stereocenters. The van der Waals surface area contributed by atoms with E-state index < -0.39 is 0 Å². The maximum absolute atomic E-state index is 9.09. The summed E-state index contributed by atoms with van der Waals surface area (Å²) in [4.78, 5) is 2.14. The van der Waals surface area contributed by atoms with Gasteiger partial charge >= 0.3 is 0 Å². The van der Waals surface area contributed by atoms with Crippen molar-refractivity contribution in [2.45, 2.75) is 20.3 Å². The molecule has 3 nitrogen and oxygen atoms in total. The summed E-state index contributed by atoms with van der Waals surface area (Å²) in [6, 6.07) is 7.97. The van der Waals surface area contributed by atoms with Crippen molar-refractivity contribution in [3.63, 3.8) is 0 Å². The summed E-state index contributed by atoms with van der Waals surface area (Å²) in [5.74, 6) is 0. The van der Waals surface area contributed by atoms with Crippen LogP contribution in [0.15, 0.2) is 18.2 Å². The largest absolute Gasteiger partial charge is 0.396 e. The summed E-state index contributed by atoms with van der Waals surface area (Å²) in [6.45, 7) is 5.89. The summed E-state index contributed by atoms with van der Waals surface area (Å²) in [7, 11) is 0. The molecule has 0 radical (unpaired) electrons. The SMILES string of the molecule is CCN(CCCO)c1c(C)cccc1C#N. The molecule has 0 amide bonds. The van der Waals surface area contributed by atoms with E-state index in [-0.39, 0.29) is 6.61 Å². The number of aryl methyl sites for hydroxylation is 1. The molecular weight excluding hydrogens is 200 g/mol. The molecule has 0 atom stereocenters. The lowest BCUT2D eigenvalue weighted by molar-refractivity contribution is 0.289. The lowest BCUT2D eigenvalue weighted by Gasteiger charge is -2.25. The Labute approximate surface area is 96.9 Å². The number of nitriles is 1. The summed E-state index contributed by atoms with van der Waals surface area (Å²) in [5.41, 5.74) is 2.82. The Morgan fingerprint density at radius 3 is 2.75 bits per heavy atom. The van der Waals surface area contributed by atoms with Crippen LogP contribution >= 0.6 is 0 Å². The van der Waals surface area contributed by atoms with Crippen LogP contribution in [0.1, 0.15) is 24.5 Å². The number of para-hydroxylation sites is 1. The van der Waals surface area contributed by atoms with Crippen molar-refractivity contribution in [2.24, 2.45) is 0 Å². The van der Waals surface area contributed by atoms with Crippen LogP contribution in [0.3, 0.4) is 0 Å². The zero-order valence-corrected chi connectivity index (χ0v) is 9.90. The van der Waals surface area contributed by atoms with E-state index in [0.717, 1.165) is 30.8 Å². The number of aliphatic hydroxyl groups excluding tert-OH is 1. The third kappa shape index (κ3) is 2.74. The van der Waals surface area contributed by atoms with Gasteiger partial charge in [0.05, 0.1) is 11.3 Å². The zero-order chi connectivity index (χ0) is 12.0. The van der Waals surface area contributed by atoms with Crippen LogP contribution in [0.5, 0.6) is 0 Å². The lowest BCUT2D eigenvalue weighted by atomic mass is 10.1. The monoisotopic (exact) mass is 218 g/mol. The van der Waals surface area contributed by atoms with Gasteiger partial charge in [0.25, 0.3) is 0 Å². The van der Waals surface area contributed by atoms with Gasteiger partial charge in [-0.15, -0.1) is 0 Å². The predicted octanol–water partition coefficient (Wildman–Crippen LogP) is 2.08. The second kappa shape index (κ2) is 6.14. The summed E-state index contributed by atoms with van der Waals surface area (Å²) >= 11 is 0. The molecule has 1 N–H and O–H groups in total. The first-order valence-electron chi connectivity index (χ1n) is 5.60. The second-order valence-corrected chi connectivity index (χ2v) is 3.74. The van der Waals surface area contributed by atoms with Crippen LogP contribution in [0, 0.1) is 18.3 Å². The Morgan fingerprint density at radius 1 is 1.44 bits per heavy atom. The van der Waals surface area contributed by atoms with E-state index in [1.165, 1.54) is 0 Å². The molecule has 16 heavy (non-hydrogen) atoms. The number of rotatable bonds is 5. The van der Waals surface area contributed by atoms with Gasteiger partial charge in [-0.05, 0) is 31.9 Å². The van der Waals surface area contributed by atoms with Gasteiger partial charge in [0.1, 0.15) is 6.07 Å². The molecule has 0 aromatic heterocycles. The van der Waals surface area contributed by atoms with Gasteiger partial charge in [0.15, 0.2) is 0 Å². The minimum atomic E-state index is 0.185. The molecule has 1 aromatic carbocycles. The molecule has 0 aliphatic carbocycles. The highest BCUT2D eigenvalue weighted by molar-refractivity contribution is 5.63. The Kier molecular flexibility index (Phi) is 4.81. The third-order valence-corrected chi connectivity index (χ3v) is 2.64. The summed E-state index contributed by atoms with van der Waals surface area (Å²) < 4.78 is 0. The van der Waals surface area contributed by atoms with Crippen molar-refractivity contribution in [1.29, 1.82) is 5.26 Å². The molecule has 3 heteroatoms. The first kappa shape index (κ1) is 12.5. The topological polar surface area (TPSA) is 47.3 Å². The molecule has 1 rings (SSSR count). The molecule has 0 aliphatic heterocycles. The summed E-state index contributed by atoms with van der Waals surface area (Å²) in [6.07, 6.45) is 0.729. The Balaban J connectivity index is 3.03. The number of anilines is 1. The smallest absolute Gasteiger partial charge is 0.101 e. The van der Waals surface area contributed by atoms with Gasteiger partial charge in [-0.1, -0.05) is 12.1 Å².